The van der Waals surface area contributed by atoms with Gasteiger partial charge in [-0.2, -0.15) is 0 Å². The van der Waals surface area contributed by atoms with Gasteiger partial charge in [0.1, 0.15) is 17.1 Å². The van der Waals surface area contributed by atoms with E-state index in [1.165, 1.54) is 0 Å². The molecule has 0 aliphatic carbocycles. The van der Waals surface area contributed by atoms with E-state index in [0.717, 1.165) is 16.7 Å². The number of rotatable bonds is 6. The van der Waals surface area contributed by atoms with E-state index in [1.807, 2.05) is 31.2 Å². The molecule has 0 amide bonds. The number of methoxy groups -OCH3 is 1. The zero-order valence-electron chi connectivity index (χ0n) is 13.5. The summed E-state index contributed by atoms with van der Waals surface area (Å²) in [6.45, 7) is 4.05. The third kappa shape index (κ3) is 3.11. The summed E-state index contributed by atoms with van der Waals surface area (Å²) < 4.78 is 16.5. The smallest absolute Gasteiger partial charge is 0.176 e. The third-order valence-electron chi connectivity index (χ3n) is 3.98. The average molecular weight is 315 g/mol. The van der Waals surface area contributed by atoms with Crippen LogP contribution in [0.15, 0.2) is 51.5 Å². The minimum absolute atomic E-state index is 0.0615. The van der Waals surface area contributed by atoms with Crippen molar-refractivity contribution in [1.82, 2.24) is 5.32 Å². The molecule has 23 heavy (non-hydrogen) atoms. The fourth-order valence-electron chi connectivity index (χ4n) is 2.55. The number of aliphatic hydroxyl groups is 1. The maximum Gasteiger partial charge on any atom is 0.176 e. The van der Waals surface area contributed by atoms with E-state index >= 15 is 0 Å². The molecule has 2 aromatic heterocycles. The largest absolute Gasteiger partial charge is 0.493 e. The molecule has 2 heterocycles. The van der Waals surface area contributed by atoms with Crippen molar-refractivity contribution in [2.75, 3.05) is 13.7 Å². The molecule has 0 saturated carbocycles. The Kier molecular flexibility index (Phi) is 4.15. The maximum atomic E-state index is 10.5. The predicted molar refractivity (Wildman–Crippen MR) is 87.5 cm³/mol. The second-order valence-corrected chi connectivity index (χ2v) is 5.88. The normalized spacial score (nSPS) is 15.5. The van der Waals surface area contributed by atoms with Gasteiger partial charge in [0.25, 0.3) is 0 Å². The van der Waals surface area contributed by atoms with Crippen molar-refractivity contribution in [2.45, 2.75) is 25.5 Å². The highest BCUT2D eigenvalue weighted by Crippen LogP contribution is 2.31. The first-order valence-electron chi connectivity index (χ1n) is 7.57. The molecule has 2 N–H and O–H groups in total. The maximum absolute atomic E-state index is 10.5. The molecule has 5 heteroatoms. The second-order valence-electron chi connectivity index (χ2n) is 5.88. The minimum atomic E-state index is -1.08. The summed E-state index contributed by atoms with van der Waals surface area (Å²) in [7, 11) is 1.62. The molecule has 0 radical (unpaired) electrons. The van der Waals surface area contributed by atoms with Crippen LogP contribution >= 0.6 is 0 Å². The first-order valence-corrected chi connectivity index (χ1v) is 7.57. The van der Waals surface area contributed by atoms with Crippen molar-refractivity contribution < 1.29 is 18.7 Å². The Morgan fingerprint density at radius 3 is 2.83 bits per heavy atom. The van der Waals surface area contributed by atoms with Gasteiger partial charge < -0.3 is 24.0 Å². The second kappa shape index (κ2) is 6.10. The lowest BCUT2D eigenvalue weighted by Gasteiger charge is -2.23. The molecule has 0 saturated heterocycles. The van der Waals surface area contributed by atoms with Crippen LogP contribution in [0.1, 0.15) is 31.4 Å². The Bertz CT molecular complexity index is 774. The lowest BCUT2D eigenvalue weighted by atomic mass is 10.0. The third-order valence-corrected chi connectivity index (χ3v) is 3.98. The van der Waals surface area contributed by atoms with Gasteiger partial charge in [0.15, 0.2) is 11.3 Å². The van der Waals surface area contributed by atoms with Crippen LogP contribution in [0.5, 0.6) is 5.75 Å². The topological polar surface area (TPSA) is 67.8 Å². The van der Waals surface area contributed by atoms with Crippen LogP contribution < -0.4 is 10.1 Å². The lowest BCUT2D eigenvalue weighted by Crippen LogP contribution is -2.36. The molecular formula is C18H21NO4. The average Bonchev–Trinajstić information content (AvgIpc) is 3.21. The van der Waals surface area contributed by atoms with E-state index in [0.29, 0.717) is 18.1 Å². The molecule has 3 aromatic rings. The highest BCUT2D eigenvalue weighted by molar-refractivity contribution is 5.83. The molecule has 0 fully saturated rings. The number of para-hydroxylation sites is 1. The zero-order chi connectivity index (χ0) is 16.4. The zero-order valence-corrected chi connectivity index (χ0v) is 13.5. The van der Waals surface area contributed by atoms with Crippen LogP contribution in [0.3, 0.4) is 0 Å². The van der Waals surface area contributed by atoms with E-state index in [1.54, 1.807) is 32.4 Å². The predicted octanol–water partition coefficient (Wildman–Crippen LogP) is 3.59. The lowest BCUT2D eigenvalue weighted by molar-refractivity contribution is 0.0315. The number of ether oxygens (including phenoxy) is 1. The molecule has 0 spiro atoms. The van der Waals surface area contributed by atoms with Crippen molar-refractivity contribution in [2.24, 2.45) is 0 Å². The summed E-state index contributed by atoms with van der Waals surface area (Å²) in [5.41, 5.74) is -0.349. The Morgan fingerprint density at radius 1 is 1.30 bits per heavy atom. The van der Waals surface area contributed by atoms with Crippen LogP contribution in [0.25, 0.3) is 11.0 Å². The summed E-state index contributed by atoms with van der Waals surface area (Å²) in [4.78, 5) is 0. The molecular weight excluding hydrogens is 294 g/mol. The number of benzene rings is 1. The molecule has 5 nitrogen and oxygen atoms in total. The molecule has 0 unspecified atom stereocenters. The quantitative estimate of drug-likeness (QED) is 0.727. The minimum Gasteiger partial charge on any atom is -0.493 e. The van der Waals surface area contributed by atoms with Gasteiger partial charge >= 0.3 is 0 Å². The molecule has 3 rings (SSSR count). The van der Waals surface area contributed by atoms with E-state index in [2.05, 4.69) is 5.32 Å². The van der Waals surface area contributed by atoms with Gasteiger partial charge in [0.2, 0.25) is 0 Å². The van der Waals surface area contributed by atoms with Crippen LogP contribution in [-0.2, 0) is 5.60 Å². The summed E-state index contributed by atoms with van der Waals surface area (Å²) in [6.07, 6.45) is 1.55. The fraction of sp³-hybridized carbons (Fsp3) is 0.333. The summed E-state index contributed by atoms with van der Waals surface area (Å²) >= 11 is 0. The molecule has 0 aliphatic heterocycles. The molecule has 1 aromatic carbocycles. The number of hydrogen-bond donors (Lipinski definition) is 2. The van der Waals surface area contributed by atoms with Crippen molar-refractivity contribution >= 4 is 11.0 Å². The SMILES string of the molecule is COc1cccc2cc([C@H](C)NC[C@@](C)(O)c3ccco3)oc12. The van der Waals surface area contributed by atoms with E-state index < -0.39 is 5.60 Å². The Balaban J connectivity index is 1.75. The van der Waals surface area contributed by atoms with Crippen molar-refractivity contribution in [1.29, 1.82) is 0 Å². The van der Waals surface area contributed by atoms with Crippen LogP contribution in [0, 0.1) is 0 Å². The highest BCUT2D eigenvalue weighted by atomic mass is 16.5. The first kappa shape index (κ1) is 15.6. The molecule has 122 valence electrons. The van der Waals surface area contributed by atoms with Gasteiger partial charge in [-0.25, -0.2) is 0 Å². The van der Waals surface area contributed by atoms with Crippen molar-refractivity contribution in [3.05, 3.63) is 54.2 Å². The van der Waals surface area contributed by atoms with E-state index in [9.17, 15) is 5.11 Å². The van der Waals surface area contributed by atoms with Crippen LogP contribution in [0.4, 0.5) is 0 Å². The van der Waals surface area contributed by atoms with Gasteiger partial charge in [0, 0.05) is 11.9 Å². The fourth-order valence-corrected chi connectivity index (χ4v) is 2.55. The molecule has 0 aliphatic rings. The highest BCUT2D eigenvalue weighted by Gasteiger charge is 2.27. The number of fused-ring (bicyclic) bond motifs is 1. The monoisotopic (exact) mass is 315 g/mol. The van der Waals surface area contributed by atoms with Gasteiger partial charge in [-0.1, -0.05) is 12.1 Å². The van der Waals surface area contributed by atoms with E-state index in [4.69, 9.17) is 13.6 Å². The summed E-state index contributed by atoms with van der Waals surface area (Å²) in [5, 5.41) is 14.8. The Morgan fingerprint density at radius 2 is 2.13 bits per heavy atom. The Labute approximate surface area is 134 Å². The standard InChI is InChI=1S/C18H21NO4/c1-12(19-11-18(2,20)16-8-5-9-22-16)15-10-13-6-4-7-14(21-3)17(13)23-15/h4-10,12,19-20H,11H2,1-3H3/t12-,18+/m0/s1. The van der Waals surface area contributed by atoms with Gasteiger partial charge in [0.05, 0.1) is 19.4 Å². The van der Waals surface area contributed by atoms with E-state index in [-0.39, 0.29) is 6.04 Å². The van der Waals surface area contributed by atoms with Crippen molar-refractivity contribution in [3.63, 3.8) is 0 Å². The van der Waals surface area contributed by atoms with Crippen molar-refractivity contribution in [3.8, 4) is 5.75 Å². The Hall–Kier alpha value is -2.24. The number of hydrogen-bond acceptors (Lipinski definition) is 5. The van der Waals surface area contributed by atoms with Gasteiger partial charge in [-0.05, 0) is 38.1 Å². The first-order chi connectivity index (χ1) is 11.0. The molecule has 2 atom stereocenters. The summed E-state index contributed by atoms with van der Waals surface area (Å²) in [6, 6.07) is 11.2. The van der Waals surface area contributed by atoms with Crippen LogP contribution in [0.2, 0.25) is 0 Å². The number of nitrogens with one attached hydrogen (secondary N) is 1. The van der Waals surface area contributed by atoms with Gasteiger partial charge in [-0.3, -0.25) is 0 Å². The van der Waals surface area contributed by atoms with Gasteiger partial charge in [-0.15, -0.1) is 0 Å². The number of furan rings is 2. The summed E-state index contributed by atoms with van der Waals surface area (Å²) in [5.74, 6) is 2.03. The molecule has 0 bridgehead atoms. The van der Waals surface area contributed by atoms with Crippen LogP contribution in [-0.4, -0.2) is 18.8 Å².